The summed E-state index contributed by atoms with van der Waals surface area (Å²) in [5, 5.41) is 8.52. The highest BCUT2D eigenvalue weighted by Gasteiger charge is 2.23. The standard InChI is InChI=1S/C30H30FN3O4/c1-21-4-12-27(13-5-21)34-18-25(17-32-34)19-37-28-14-8-23(9-15-28)16-29(30(35)36-3)22(2)33-38-20-24-6-10-26(31)11-7-24/h4-15,17-18,29H,16,19-20H2,1-3H3/b33-22+. The van der Waals surface area contributed by atoms with E-state index in [-0.39, 0.29) is 12.4 Å². The predicted octanol–water partition coefficient (Wildman–Crippen LogP) is 5.82. The summed E-state index contributed by atoms with van der Waals surface area (Å²) >= 11 is 0. The van der Waals surface area contributed by atoms with E-state index >= 15 is 0 Å². The second-order valence-corrected chi connectivity index (χ2v) is 8.97. The van der Waals surface area contributed by atoms with E-state index in [0.29, 0.717) is 24.5 Å². The van der Waals surface area contributed by atoms with Crippen molar-refractivity contribution in [3.63, 3.8) is 0 Å². The Labute approximate surface area is 221 Å². The highest BCUT2D eigenvalue weighted by Crippen LogP contribution is 2.19. The molecule has 0 saturated heterocycles. The molecule has 0 saturated carbocycles. The first-order chi connectivity index (χ1) is 18.4. The molecule has 0 radical (unpaired) electrons. The molecule has 8 heteroatoms. The van der Waals surface area contributed by atoms with Crippen molar-refractivity contribution in [3.05, 3.63) is 113 Å². The summed E-state index contributed by atoms with van der Waals surface area (Å²) in [5.41, 5.74) is 5.33. The van der Waals surface area contributed by atoms with E-state index in [4.69, 9.17) is 14.3 Å². The third-order valence-electron chi connectivity index (χ3n) is 6.05. The second-order valence-electron chi connectivity index (χ2n) is 8.97. The van der Waals surface area contributed by atoms with E-state index in [0.717, 1.165) is 22.4 Å². The zero-order valence-electron chi connectivity index (χ0n) is 21.6. The van der Waals surface area contributed by atoms with Gasteiger partial charge in [0.25, 0.3) is 0 Å². The predicted molar refractivity (Wildman–Crippen MR) is 143 cm³/mol. The number of aromatic nitrogens is 2. The van der Waals surface area contributed by atoms with Crippen molar-refractivity contribution in [2.24, 2.45) is 11.1 Å². The van der Waals surface area contributed by atoms with E-state index < -0.39 is 11.9 Å². The molecular weight excluding hydrogens is 485 g/mol. The van der Waals surface area contributed by atoms with Crippen LogP contribution in [0, 0.1) is 18.7 Å². The highest BCUT2D eigenvalue weighted by molar-refractivity contribution is 6.00. The largest absolute Gasteiger partial charge is 0.489 e. The van der Waals surface area contributed by atoms with E-state index in [1.54, 1.807) is 25.3 Å². The summed E-state index contributed by atoms with van der Waals surface area (Å²) in [6.07, 6.45) is 4.13. The Balaban J connectivity index is 1.33. The van der Waals surface area contributed by atoms with Gasteiger partial charge in [0.2, 0.25) is 0 Å². The normalized spacial score (nSPS) is 12.2. The quantitative estimate of drug-likeness (QED) is 0.143. The van der Waals surface area contributed by atoms with Crippen LogP contribution in [0.4, 0.5) is 4.39 Å². The minimum absolute atomic E-state index is 0.168. The highest BCUT2D eigenvalue weighted by atomic mass is 19.1. The molecule has 0 N–H and O–H groups in total. The van der Waals surface area contributed by atoms with Crippen LogP contribution in [0.5, 0.6) is 5.75 Å². The maximum atomic E-state index is 13.1. The molecule has 196 valence electrons. The summed E-state index contributed by atoms with van der Waals surface area (Å²) in [5.74, 6) is -0.612. The summed E-state index contributed by atoms with van der Waals surface area (Å²) in [7, 11) is 1.35. The summed E-state index contributed by atoms with van der Waals surface area (Å²) in [4.78, 5) is 17.8. The number of oxime groups is 1. The number of rotatable bonds is 11. The van der Waals surface area contributed by atoms with Crippen molar-refractivity contribution >= 4 is 11.7 Å². The van der Waals surface area contributed by atoms with Gasteiger partial charge in [0.05, 0.1) is 24.7 Å². The van der Waals surface area contributed by atoms with Crippen LogP contribution >= 0.6 is 0 Å². The molecule has 4 aromatic rings. The summed E-state index contributed by atoms with van der Waals surface area (Å²) in [6.45, 7) is 4.32. The van der Waals surface area contributed by atoms with Crippen LogP contribution < -0.4 is 4.74 Å². The fraction of sp³-hybridized carbons (Fsp3) is 0.233. The van der Waals surface area contributed by atoms with Crippen LogP contribution in [0.1, 0.15) is 29.2 Å². The number of methoxy groups -OCH3 is 1. The molecule has 0 aliphatic carbocycles. The first kappa shape index (κ1) is 26.6. The maximum Gasteiger partial charge on any atom is 0.314 e. The van der Waals surface area contributed by atoms with E-state index in [2.05, 4.69) is 10.3 Å². The summed E-state index contributed by atoms with van der Waals surface area (Å²) in [6, 6.07) is 21.7. The van der Waals surface area contributed by atoms with E-state index in [9.17, 15) is 9.18 Å². The Hall–Kier alpha value is -4.46. The van der Waals surface area contributed by atoms with Crippen molar-refractivity contribution < 1.29 is 23.5 Å². The second kappa shape index (κ2) is 12.7. The van der Waals surface area contributed by atoms with Crippen LogP contribution in [-0.2, 0) is 34.0 Å². The molecule has 7 nitrogen and oxygen atoms in total. The molecule has 0 aliphatic heterocycles. The number of esters is 1. The lowest BCUT2D eigenvalue weighted by Crippen LogP contribution is -2.26. The lowest BCUT2D eigenvalue weighted by Gasteiger charge is -2.15. The first-order valence-corrected chi connectivity index (χ1v) is 12.2. The maximum absolute atomic E-state index is 13.1. The molecule has 0 bridgehead atoms. The molecule has 3 aromatic carbocycles. The SMILES string of the molecule is COC(=O)C(Cc1ccc(OCc2cnn(-c3ccc(C)cc3)c2)cc1)/C(C)=N/OCc1ccc(F)cc1. The van der Waals surface area contributed by atoms with Gasteiger partial charge < -0.3 is 14.3 Å². The lowest BCUT2D eigenvalue weighted by atomic mass is 9.95. The van der Waals surface area contributed by atoms with Crippen LogP contribution in [0.2, 0.25) is 0 Å². The van der Waals surface area contributed by atoms with Gasteiger partial charge in [-0.25, -0.2) is 9.07 Å². The Kier molecular flexibility index (Phi) is 8.87. The van der Waals surface area contributed by atoms with Gasteiger partial charge in [-0.05, 0) is 67.8 Å². The van der Waals surface area contributed by atoms with Gasteiger partial charge in [0.15, 0.2) is 0 Å². The molecule has 4 rings (SSSR count). The number of nitrogens with zero attached hydrogens (tertiary/aromatic N) is 3. The van der Waals surface area contributed by atoms with Gasteiger partial charge in [-0.15, -0.1) is 0 Å². The molecule has 0 amide bonds. The topological polar surface area (TPSA) is 74.9 Å². The number of halogens is 1. The molecular formula is C30H30FN3O4. The molecule has 1 unspecified atom stereocenters. The fourth-order valence-corrected chi connectivity index (χ4v) is 3.79. The van der Waals surface area contributed by atoms with Crippen molar-refractivity contribution in [2.75, 3.05) is 7.11 Å². The lowest BCUT2D eigenvalue weighted by molar-refractivity contribution is -0.143. The summed E-state index contributed by atoms with van der Waals surface area (Å²) < 4.78 is 25.8. The number of benzene rings is 3. The fourth-order valence-electron chi connectivity index (χ4n) is 3.79. The molecule has 1 heterocycles. The van der Waals surface area contributed by atoms with Crippen LogP contribution in [0.3, 0.4) is 0 Å². The Bertz CT molecular complexity index is 1360. The third-order valence-corrected chi connectivity index (χ3v) is 6.05. The average molecular weight is 516 g/mol. The number of carbonyl (C=O) groups is 1. The Morgan fingerprint density at radius 1 is 0.947 bits per heavy atom. The average Bonchev–Trinajstić information content (AvgIpc) is 3.41. The third kappa shape index (κ3) is 7.29. The van der Waals surface area contributed by atoms with Gasteiger partial charge in [-0.2, -0.15) is 5.10 Å². The van der Waals surface area contributed by atoms with Crippen molar-refractivity contribution in [1.82, 2.24) is 9.78 Å². The van der Waals surface area contributed by atoms with Gasteiger partial charge in [-0.3, -0.25) is 4.79 Å². The molecule has 1 aromatic heterocycles. The van der Waals surface area contributed by atoms with Crippen LogP contribution in [0.15, 0.2) is 90.3 Å². The molecule has 0 spiro atoms. The van der Waals surface area contributed by atoms with Gasteiger partial charge in [-0.1, -0.05) is 47.1 Å². The number of hydrogen-bond donors (Lipinski definition) is 0. The molecule has 38 heavy (non-hydrogen) atoms. The minimum Gasteiger partial charge on any atom is -0.489 e. The van der Waals surface area contributed by atoms with Crippen molar-refractivity contribution in [1.29, 1.82) is 0 Å². The molecule has 0 fully saturated rings. The Morgan fingerprint density at radius 3 is 2.32 bits per heavy atom. The zero-order valence-corrected chi connectivity index (χ0v) is 21.6. The van der Waals surface area contributed by atoms with Gasteiger partial charge in [0.1, 0.15) is 30.7 Å². The van der Waals surface area contributed by atoms with Crippen molar-refractivity contribution in [3.8, 4) is 11.4 Å². The number of ether oxygens (including phenoxy) is 2. The van der Waals surface area contributed by atoms with Gasteiger partial charge in [0, 0.05) is 11.8 Å². The Morgan fingerprint density at radius 2 is 1.63 bits per heavy atom. The van der Waals surface area contributed by atoms with E-state index in [1.807, 2.05) is 66.3 Å². The number of aryl methyl sites for hydroxylation is 1. The van der Waals surface area contributed by atoms with Crippen LogP contribution in [0.25, 0.3) is 5.69 Å². The molecule has 0 aliphatic rings. The number of hydrogen-bond acceptors (Lipinski definition) is 6. The van der Waals surface area contributed by atoms with Crippen LogP contribution in [-0.4, -0.2) is 28.6 Å². The molecule has 1 atom stereocenters. The minimum atomic E-state index is -0.604. The monoisotopic (exact) mass is 515 g/mol. The smallest absolute Gasteiger partial charge is 0.314 e. The number of carbonyl (C=O) groups excluding carboxylic acids is 1. The van der Waals surface area contributed by atoms with Crippen molar-refractivity contribution in [2.45, 2.75) is 33.5 Å². The zero-order chi connectivity index (χ0) is 26.9. The van der Waals surface area contributed by atoms with Gasteiger partial charge >= 0.3 is 5.97 Å². The first-order valence-electron chi connectivity index (χ1n) is 12.2. The van der Waals surface area contributed by atoms with E-state index in [1.165, 1.54) is 24.8 Å².